The largest absolute Gasteiger partial charge is 0.381 e. The van der Waals surface area contributed by atoms with Gasteiger partial charge in [-0.25, -0.2) is 0 Å². The number of nitrogens with one attached hydrogen (secondary N) is 1. The van der Waals surface area contributed by atoms with E-state index in [1.807, 2.05) is 13.1 Å². The molecule has 0 saturated carbocycles. The van der Waals surface area contributed by atoms with Crippen LogP contribution >= 0.6 is 24.0 Å². The van der Waals surface area contributed by atoms with E-state index in [-0.39, 0.29) is 29.5 Å². The van der Waals surface area contributed by atoms with Gasteiger partial charge in [-0.2, -0.15) is 0 Å². The lowest BCUT2D eigenvalue weighted by Gasteiger charge is -2.44. The minimum Gasteiger partial charge on any atom is -0.381 e. The first-order chi connectivity index (χ1) is 12.6. The van der Waals surface area contributed by atoms with Crippen LogP contribution in [0.15, 0.2) is 21.8 Å². The van der Waals surface area contributed by atoms with Crippen molar-refractivity contribution in [3.8, 4) is 0 Å². The number of halogens is 1. The van der Waals surface area contributed by atoms with Crippen molar-refractivity contribution in [1.82, 2.24) is 25.2 Å². The Balaban J connectivity index is 0.00000261. The first-order valence-corrected chi connectivity index (χ1v) is 9.45. The van der Waals surface area contributed by atoms with E-state index >= 15 is 0 Å². The zero-order valence-corrected chi connectivity index (χ0v) is 19.0. The van der Waals surface area contributed by atoms with E-state index in [0.29, 0.717) is 0 Å². The van der Waals surface area contributed by atoms with Crippen molar-refractivity contribution >= 4 is 29.9 Å². The minimum atomic E-state index is 0. The van der Waals surface area contributed by atoms with Gasteiger partial charge in [-0.1, -0.05) is 5.16 Å². The summed E-state index contributed by atoms with van der Waals surface area (Å²) in [4.78, 5) is 11.6. The van der Waals surface area contributed by atoms with Crippen molar-refractivity contribution in [1.29, 1.82) is 0 Å². The molecule has 0 radical (unpaired) electrons. The molecule has 1 N–H and O–H groups in total. The van der Waals surface area contributed by atoms with E-state index in [4.69, 9.17) is 9.26 Å². The van der Waals surface area contributed by atoms with Gasteiger partial charge in [-0.3, -0.25) is 9.89 Å². The van der Waals surface area contributed by atoms with Gasteiger partial charge in [0.2, 0.25) is 0 Å². The highest BCUT2D eigenvalue weighted by atomic mass is 127. The average molecular weight is 492 g/mol. The molecule has 3 rings (SSSR count). The second kappa shape index (κ2) is 10.6. The molecule has 0 aromatic carbocycles. The maximum atomic E-state index is 5.57. The van der Waals surface area contributed by atoms with Gasteiger partial charge in [-0.15, -0.1) is 24.0 Å². The van der Waals surface area contributed by atoms with Gasteiger partial charge in [0.05, 0.1) is 5.69 Å². The molecule has 1 aromatic rings. The topological polar surface area (TPSA) is 69.4 Å². The van der Waals surface area contributed by atoms with E-state index in [1.54, 1.807) is 6.26 Å². The average Bonchev–Trinajstić information content (AvgIpc) is 3.17. The number of nitrogens with zero attached hydrogens (tertiary/aromatic N) is 5. The van der Waals surface area contributed by atoms with Crippen LogP contribution in [0.25, 0.3) is 0 Å². The Kier molecular flexibility index (Phi) is 8.77. The molecule has 1 aromatic heterocycles. The fraction of sp³-hybridized carbons (Fsp3) is 0.778. The van der Waals surface area contributed by atoms with Gasteiger partial charge < -0.3 is 24.4 Å². The lowest BCUT2D eigenvalue weighted by atomic mass is 9.88. The smallest absolute Gasteiger partial charge is 0.193 e. The van der Waals surface area contributed by atoms with Crippen LogP contribution in [0.1, 0.15) is 18.5 Å². The Morgan fingerprint density at radius 3 is 2.52 bits per heavy atom. The second-order valence-corrected chi connectivity index (χ2v) is 7.39. The number of guanidine groups is 1. The zero-order valence-electron chi connectivity index (χ0n) is 16.7. The minimum absolute atomic E-state index is 0. The van der Waals surface area contributed by atoms with Gasteiger partial charge in [0, 0.05) is 71.1 Å². The lowest BCUT2D eigenvalue weighted by molar-refractivity contribution is -0.00535. The van der Waals surface area contributed by atoms with Gasteiger partial charge in [0.1, 0.15) is 6.26 Å². The van der Waals surface area contributed by atoms with E-state index in [1.165, 1.54) is 0 Å². The third-order valence-electron chi connectivity index (χ3n) is 5.71. The van der Waals surface area contributed by atoms with Crippen molar-refractivity contribution in [3.05, 3.63) is 18.0 Å². The molecule has 2 aliphatic heterocycles. The van der Waals surface area contributed by atoms with E-state index in [2.05, 4.69) is 44.3 Å². The maximum absolute atomic E-state index is 5.57. The molecule has 8 nitrogen and oxygen atoms in total. The van der Waals surface area contributed by atoms with Gasteiger partial charge in [0.15, 0.2) is 5.96 Å². The fourth-order valence-electron chi connectivity index (χ4n) is 3.78. The first-order valence-electron chi connectivity index (χ1n) is 9.45. The fourth-order valence-corrected chi connectivity index (χ4v) is 3.78. The summed E-state index contributed by atoms with van der Waals surface area (Å²) in [6.07, 6.45) is 3.74. The molecule has 0 unspecified atom stereocenters. The third kappa shape index (κ3) is 5.78. The zero-order chi connectivity index (χ0) is 18.4. The van der Waals surface area contributed by atoms with Crippen LogP contribution < -0.4 is 5.32 Å². The Labute approximate surface area is 179 Å². The summed E-state index contributed by atoms with van der Waals surface area (Å²) in [6.45, 7) is 7.35. The Morgan fingerprint density at radius 2 is 1.96 bits per heavy atom. The number of ether oxygens (including phenoxy) is 1. The van der Waals surface area contributed by atoms with Crippen molar-refractivity contribution in [2.45, 2.75) is 24.9 Å². The normalized spacial score (nSPS) is 21.2. The van der Waals surface area contributed by atoms with Gasteiger partial charge in [0.25, 0.3) is 0 Å². The molecule has 154 valence electrons. The molecule has 0 aliphatic carbocycles. The summed E-state index contributed by atoms with van der Waals surface area (Å²) in [5.41, 5.74) is 1.14. The maximum Gasteiger partial charge on any atom is 0.193 e. The highest BCUT2D eigenvalue weighted by Gasteiger charge is 2.35. The Hall–Kier alpha value is -0.910. The van der Waals surface area contributed by atoms with Crippen LogP contribution in [0, 0.1) is 0 Å². The van der Waals surface area contributed by atoms with Crippen molar-refractivity contribution in [2.75, 3.05) is 67.1 Å². The number of hydrogen-bond donors (Lipinski definition) is 1. The van der Waals surface area contributed by atoms with Crippen LogP contribution in [0.3, 0.4) is 0 Å². The second-order valence-electron chi connectivity index (χ2n) is 7.39. The Bertz CT molecular complexity index is 566. The molecule has 9 heteroatoms. The SMILES string of the molecule is CN=C(NCC1(N(C)C)CCOCC1)N1CCN(Cc2ccon2)CC1.I. The number of aromatic nitrogens is 1. The van der Waals surface area contributed by atoms with Gasteiger partial charge in [-0.05, 0) is 26.9 Å². The summed E-state index contributed by atoms with van der Waals surface area (Å²) in [7, 11) is 6.20. The summed E-state index contributed by atoms with van der Waals surface area (Å²) < 4.78 is 10.5. The van der Waals surface area contributed by atoms with Crippen LogP contribution in [0.4, 0.5) is 0 Å². The molecule has 2 aliphatic rings. The summed E-state index contributed by atoms with van der Waals surface area (Å²) in [5, 5.41) is 7.63. The highest BCUT2D eigenvalue weighted by Crippen LogP contribution is 2.25. The van der Waals surface area contributed by atoms with Gasteiger partial charge >= 0.3 is 0 Å². The molecule has 2 saturated heterocycles. The molecule has 27 heavy (non-hydrogen) atoms. The van der Waals surface area contributed by atoms with Crippen molar-refractivity contribution < 1.29 is 9.26 Å². The molecule has 3 heterocycles. The van der Waals surface area contributed by atoms with Crippen LogP contribution in [-0.2, 0) is 11.3 Å². The summed E-state index contributed by atoms with van der Waals surface area (Å²) in [5.74, 6) is 0.999. The van der Waals surface area contributed by atoms with E-state index in [0.717, 1.165) is 77.0 Å². The van der Waals surface area contributed by atoms with Crippen molar-refractivity contribution in [2.24, 2.45) is 4.99 Å². The summed E-state index contributed by atoms with van der Waals surface area (Å²) in [6, 6.07) is 1.93. The third-order valence-corrected chi connectivity index (χ3v) is 5.71. The summed E-state index contributed by atoms with van der Waals surface area (Å²) >= 11 is 0. The molecular formula is C18H33IN6O2. The molecule has 0 bridgehead atoms. The number of aliphatic imine (C=N–C) groups is 1. The van der Waals surface area contributed by atoms with Crippen LogP contribution in [0.2, 0.25) is 0 Å². The molecular weight excluding hydrogens is 459 g/mol. The standard InChI is InChI=1S/C18H32N6O2.HI/c1-19-17(20-15-18(22(2)3)5-12-25-13-6-18)24-9-7-23(8-10-24)14-16-4-11-26-21-16;/h4,11H,5-10,12-15H2,1-3H3,(H,19,20);1H. The molecule has 0 spiro atoms. The van der Waals surface area contributed by atoms with Crippen LogP contribution in [-0.4, -0.2) is 98.4 Å². The predicted octanol–water partition coefficient (Wildman–Crippen LogP) is 1.10. The van der Waals surface area contributed by atoms with E-state index < -0.39 is 0 Å². The number of piperazine rings is 1. The quantitative estimate of drug-likeness (QED) is 0.375. The molecule has 2 fully saturated rings. The molecule has 0 atom stereocenters. The molecule has 0 amide bonds. The Morgan fingerprint density at radius 1 is 1.26 bits per heavy atom. The number of hydrogen-bond acceptors (Lipinski definition) is 6. The first kappa shape index (κ1) is 22.4. The lowest BCUT2D eigenvalue weighted by Crippen LogP contribution is -2.59. The predicted molar refractivity (Wildman–Crippen MR) is 117 cm³/mol. The number of likely N-dealkylation sites (N-methyl/N-ethyl adjacent to an activating group) is 1. The van der Waals surface area contributed by atoms with Crippen LogP contribution in [0.5, 0.6) is 0 Å². The highest BCUT2D eigenvalue weighted by molar-refractivity contribution is 14.0. The monoisotopic (exact) mass is 492 g/mol. The van der Waals surface area contributed by atoms with E-state index in [9.17, 15) is 0 Å². The number of rotatable bonds is 5. The van der Waals surface area contributed by atoms with Crippen molar-refractivity contribution in [3.63, 3.8) is 0 Å².